The van der Waals surface area contributed by atoms with Crippen molar-refractivity contribution in [3.8, 4) is 11.3 Å². The molecule has 0 aliphatic rings. The van der Waals surface area contributed by atoms with E-state index in [0.29, 0.717) is 22.0 Å². The Morgan fingerprint density at radius 3 is 2.52 bits per heavy atom. The van der Waals surface area contributed by atoms with Crippen molar-refractivity contribution in [3.63, 3.8) is 0 Å². The highest BCUT2D eigenvalue weighted by atomic mass is 35.5. The number of hydrogen-bond acceptors (Lipinski definition) is 4. The standard InChI is InChI=1S/C18H13ClN2O4/c1-11-2-7-14(21(23)24)10-15(11)20-18(22)17-9-8-16(25-17)12-3-5-13(19)6-4-12/h2-10H,1H3,(H,20,22). The van der Waals surface area contributed by atoms with Crippen LogP contribution in [-0.2, 0) is 0 Å². The van der Waals surface area contributed by atoms with Gasteiger partial charge in [0.25, 0.3) is 11.6 Å². The van der Waals surface area contributed by atoms with Gasteiger partial charge >= 0.3 is 0 Å². The molecule has 0 saturated carbocycles. The molecule has 3 aromatic rings. The molecule has 126 valence electrons. The summed E-state index contributed by atoms with van der Waals surface area (Å²) >= 11 is 5.85. The number of aryl methyl sites for hydroxylation is 1. The molecule has 0 fully saturated rings. The predicted molar refractivity (Wildman–Crippen MR) is 94.9 cm³/mol. The van der Waals surface area contributed by atoms with Crippen molar-refractivity contribution in [3.05, 3.63) is 81.1 Å². The van der Waals surface area contributed by atoms with E-state index in [1.165, 1.54) is 12.1 Å². The molecule has 0 bridgehead atoms. The first kappa shape index (κ1) is 16.7. The third-order valence-corrected chi connectivity index (χ3v) is 3.89. The highest BCUT2D eigenvalue weighted by Gasteiger charge is 2.15. The van der Waals surface area contributed by atoms with Gasteiger partial charge in [-0.2, -0.15) is 0 Å². The minimum atomic E-state index is -0.513. The number of nitro groups is 1. The highest BCUT2D eigenvalue weighted by Crippen LogP contribution is 2.26. The number of nitro benzene ring substituents is 1. The zero-order valence-electron chi connectivity index (χ0n) is 13.2. The molecule has 0 atom stereocenters. The summed E-state index contributed by atoms with van der Waals surface area (Å²) in [5.74, 6) is 0.150. The Morgan fingerprint density at radius 2 is 1.84 bits per heavy atom. The maximum atomic E-state index is 12.4. The van der Waals surface area contributed by atoms with Gasteiger partial charge in [-0.25, -0.2) is 0 Å². The number of non-ortho nitro benzene ring substituents is 1. The van der Waals surface area contributed by atoms with Gasteiger partial charge in [-0.3, -0.25) is 14.9 Å². The van der Waals surface area contributed by atoms with E-state index < -0.39 is 10.8 Å². The van der Waals surface area contributed by atoms with Gasteiger partial charge < -0.3 is 9.73 Å². The summed E-state index contributed by atoms with van der Waals surface area (Å²) in [6.07, 6.45) is 0. The number of furan rings is 1. The lowest BCUT2D eigenvalue weighted by molar-refractivity contribution is -0.384. The molecule has 3 rings (SSSR count). The van der Waals surface area contributed by atoms with Crippen molar-refractivity contribution in [2.45, 2.75) is 6.92 Å². The van der Waals surface area contributed by atoms with Crippen LogP contribution in [0.2, 0.25) is 5.02 Å². The molecule has 0 aliphatic carbocycles. The number of rotatable bonds is 4. The summed E-state index contributed by atoms with van der Waals surface area (Å²) in [5, 5.41) is 14.1. The SMILES string of the molecule is Cc1ccc([N+](=O)[O-])cc1NC(=O)c1ccc(-c2ccc(Cl)cc2)o1. The first-order chi connectivity index (χ1) is 11.9. The highest BCUT2D eigenvalue weighted by molar-refractivity contribution is 6.30. The Hall–Kier alpha value is -3.12. The third kappa shape index (κ3) is 3.70. The lowest BCUT2D eigenvalue weighted by Crippen LogP contribution is -2.12. The van der Waals surface area contributed by atoms with Crippen LogP contribution < -0.4 is 5.32 Å². The first-order valence-electron chi connectivity index (χ1n) is 7.36. The van der Waals surface area contributed by atoms with Crippen LogP contribution in [0.25, 0.3) is 11.3 Å². The maximum Gasteiger partial charge on any atom is 0.291 e. The van der Waals surface area contributed by atoms with Crippen molar-refractivity contribution in [2.24, 2.45) is 0 Å². The van der Waals surface area contributed by atoms with Gasteiger partial charge in [0.05, 0.1) is 10.6 Å². The molecular weight excluding hydrogens is 344 g/mol. The molecule has 0 radical (unpaired) electrons. The molecule has 0 aliphatic heterocycles. The summed E-state index contributed by atoms with van der Waals surface area (Å²) in [6.45, 7) is 1.75. The molecule has 1 N–H and O–H groups in total. The molecule has 25 heavy (non-hydrogen) atoms. The molecule has 0 unspecified atom stereocenters. The molecule has 7 heteroatoms. The van der Waals surface area contributed by atoms with E-state index in [-0.39, 0.29) is 11.4 Å². The third-order valence-electron chi connectivity index (χ3n) is 3.64. The van der Waals surface area contributed by atoms with E-state index in [9.17, 15) is 14.9 Å². The topological polar surface area (TPSA) is 85.4 Å². The Balaban J connectivity index is 1.82. The number of nitrogens with zero attached hydrogens (tertiary/aromatic N) is 1. The number of anilines is 1. The number of halogens is 1. The Kier molecular flexibility index (Phi) is 4.54. The number of benzene rings is 2. The number of nitrogens with one attached hydrogen (secondary N) is 1. The molecule has 1 amide bonds. The van der Waals surface area contributed by atoms with Gasteiger partial charge in [0, 0.05) is 22.7 Å². The van der Waals surface area contributed by atoms with Crippen LogP contribution in [0.3, 0.4) is 0 Å². The van der Waals surface area contributed by atoms with Crippen molar-refractivity contribution in [2.75, 3.05) is 5.32 Å². The van der Waals surface area contributed by atoms with Gasteiger partial charge in [-0.1, -0.05) is 17.7 Å². The zero-order valence-corrected chi connectivity index (χ0v) is 13.9. The average Bonchev–Trinajstić information content (AvgIpc) is 3.07. The van der Waals surface area contributed by atoms with E-state index in [0.717, 1.165) is 5.56 Å². The van der Waals surface area contributed by atoms with Crippen molar-refractivity contribution >= 4 is 28.9 Å². The summed E-state index contributed by atoms with van der Waals surface area (Å²) in [7, 11) is 0. The smallest absolute Gasteiger partial charge is 0.291 e. The van der Waals surface area contributed by atoms with Crippen molar-refractivity contribution < 1.29 is 14.1 Å². The van der Waals surface area contributed by atoms with E-state index >= 15 is 0 Å². The molecule has 0 spiro atoms. The fraction of sp³-hybridized carbons (Fsp3) is 0.0556. The monoisotopic (exact) mass is 356 g/mol. The van der Waals surface area contributed by atoms with Gasteiger partial charge in [-0.05, 0) is 48.9 Å². The van der Waals surface area contributed by atoms with Crippen molar-refractivity contribution in [1.82, 2.24) is 0 Å². The minimum absolute atomic E-state index is 0.0952. The fourth-order valence-electron chi connectivity index (χ4n) is 2.27. The second kappa shape index (κ2) is 6.78. The lowest BCUT2D eigenvalue weighted by Gasteiger charge is -2.06. The van der Waals surface area contributed by atoms with E-state index in [1.54, 1.807) is 49.4 Å². The first-order valence-corrected chi connectivity index (χ1v) is 7.74. The predicted octanol–water partition coefficient (Wildman–Crippen LogP) is 5.07. The van der Waals surface area contributed by atoms with Crippen molar-refractivity contribution in [1.29, 1.82) is 0 Å². The van der Waals surface area contributed by atoms with E-state index in [4.69, 9.17) is 16.0 Å². The van der Waals surface area contributed by atoms with Crippen LogP contribution in [0.5, 0.6) is 0 Å². The Labute approximate surface area is 148 Å². The van der Waals surface area contributed by atoms with E-state index in [2.05, 4.69) is 5.32 Å². The van der Waals surface area contributed by atoms with Crippen LogP contribution in [0, 0.1) is 17.0 Å². The summed E-state index contributed by atoms with van der Waals surface area (Å²) in [6, 6.07) is 14.5. The largest absolute Gasteiger partial charge is 0.451 e. The van der Waals surface area contributed by atoms with Gasteiger partial charge in [-0.15, -0.1) is 0 Å². The molecular formula is C18H13ClN2O4. The van der Waals surface area contributed by atoms with E-state index in [1.807, 2.05) is 0 Å². The summed E-state index contributed by atoms with van der Waals surface area (Å²) < 4.78 is 5.57. The quantitative estimate of drug-likeness (QED) is 0.522. The second-order valence-corrected chi connectivity index (χ2v) is 5.82. The fourth-order valence-corrected chi connectivity index (χ4v) is 2.40. The molecule has 2 aromatic carbocycles. The number of carbonyl (C=O) groups is 1. The molecule has 1 aromatic heterocycles. The molecule has 0 saturated heterocycles. The minimum Gasteiger partial charge on any atom is -0.451 e. The van der Waals surface area contributed by atoms with Gasteiger partial charge in [0.15, 0.2) is 5.76 Å². The van der Waals surface area contributed by atoms with Gasteiger partial charge in [0.1, 0.15) is 5.76 Å². The normalized spacial score (nSPS) is 10.5. The summed E-state index contributed by atoms with van der Waals surface area (Å²) in [4.78, 5) is 22.7. The van der Waals surface area contributed by atoms with Crippen LogP contribution in [-0.4, -0.2) is 10.8 Å². The Bertz CT molecular complexity index is 948. The molecule has 6 nitrogen and oxygen atoms in total. The number of hydrogen-bond donors (Lipinski definition) is 1. The van der Waals surface area contributed by atoms with Gasteiger partial charge in [0.2, 0.25) is 0 Å². The Morgan fingerprint density at radius 1 is 1.12 bits per heavy atom. The van der Waals surface area contributed by atoms with Crippen LogP contribution in [0.15, 0.2) is 59.0 Å². The maximum absolute atomic E-state index is 12.4. The van der Waals surface area contributed by atoms with Crippen LogP contribution >= 0.6 is 11.6 Å². The molecule has 1 heterocycles. The van der Waals surface area contributed by atoms with Crippen LogP contribution in [0.4, 0.5) is 11.4 Å². The lowest BCUT2D eigenvalue weighted by atomic mass is 10.2. The second-order valence-electron chi connectivity index (χ2n) is 5.38. The average molecular weight is 357 g/mol. The zero-order chi connectivity index (χ0) is 18.0. The number of carbonyl (C=O) groups excluding carboxylic acids is 1. The van der Waals surface area contributed by atoms with Crippen LogP contribution in [0.1, 0.15) is 16.1 Å². The number of amides is 1. The summed E-state index contributed by atoms with van der Waals surface area (Å²) in [5.41, 5.74) is 1.77.